The number of halogens is 1. The van der Waals surface area contributed by atoms with Crippen LogP contribution in [0.15, 0.2) is 18.3 Å². The van der Waals surface area contributed by atoms with Gasteiger partial charge in [0, 0.05) is 11.9 Å². The van der Waals surface area contributed by atoms with Gasteiger partial charge in [0.15, 0.2) is 0 Å². The molecule has 1 aromatic rings. The summed E-state index contributed by atoms with van der Waals surface area (Å²) in [4.78, 5) is 3.32. The molecular weight excluding hydrogens is 180 g/mol. The van der Waals surface area contributed by atoms with Crippen molar-refractivity contribution in [3.05, 3.63) is 24.0 Å². The van der Waals surface area contributed by atoms with E-state index in [0.29, 0.717) is 0 Å². The van der Waals surface area contributed by atoms with Crippen LogP contribution in [0.25, 0.3) is 0 Å². The number of H-pyrrole nitrogens is 1. The quantitative estimate of drug-likeness (QED) is 0.537. The fourth-order valence-corrected chi connectivity index (χ4v) is 0.942. The summed E-state index contributed by atoms with van der Waals surface area (Å²) in [5, 5.41) is 3.05. The molecule has 0 amide bonds. The van der Waals surface area contributed by atoms with Gasteiger partial charge in [-0.05, 0) is 19.2 Å². The molecule has 1 rings (SSSR count). The first-order valence-corrected chi connectivity index (χ1v) is 3.71. The normalized spacial score (nSPS) is 13.6. The van der Waals surface area contributed by atoms with Gasteiger partial charge in [0.25, 0.3) is 0 Å². The lowest BCUT2D eigenvalue weighted by molar-refractivity contribution is 0.788. The molecule has 0 saturated heterocycles. The van der Waals surface area contributed by atoms with Gasteiger partial charge in [-0.15, -0.1) is 0 Å². The Labute approximate surface area is 62.8 Å². The Kier molecular flexibility index (Phi) is 2.30. The highest BCUT2D eigenvalue weighted by Crippen LogP contribution is 2.15. The van der Waals surface area contributed by atoms with Crippen molar-refractivity contribution in [2.45, 2.75) is 4.95 Å². The van der Waals surface area contributed by atoms with E-state index in [9.17, 15) is 0 Å². The maximum atomic E-state index is 3.42. The van der Waals surface area contributed by atoms with Crippen molar-refractivity contribution < 1.29 is 0 Å². The molecule has 0 bridgehead atoms. The first-order valence-electron chi connectivity index (χ1n) is 2.79. The lowest BCUT2D eigenvalue weighted by Gasteiger charge is -2.03. The first kappa shape index (κ1) is 6.83. The summed E-state index contributed by atoms with van der Waals surface area (Å²) in [5.74, 6) is 0. The minimum Gasteiger partial charge on any atom is -0.363 e. The fourth-order valence-electron chi connectivity index (χ4n) is 0.657. The number of aromatic nitrogens is 1. The minimum absolute atomic E-state index is 0.243. The molecule has 1 atom stereocenters. The number of alkyl halides is 1. The zero-order chi connectivity index (χ0) is 6.69. The topological polar surface area (TPSA) is 27.8 Å². The van der Waals surface area contributed by atoms with E-state index >= 15 is 0 Å². The number of aromatic amines is 1. The summed E-state index contributed by atoms with van der Waals surface area (Å²) in [6.07, 6.45) is 1.90. The van der Waals surface area contributed by atoms with E-state index in [1.165, 1.54) is 0 Å². The maximum absolute atomic E-state index is 3.42. The van der Waals surface area contributed by atoms with Gasteiger partial charge in [0.05, 0.1) is 0 Å². The van der Waals surface area contributed by atoms with Crippen LogP contribution < -0.4 is 5.32 Å². The molecule has 0 spiro atoms. The van der Waals surface area contributed by atoms with Gasteiger partial charge in [-0.25, -0.2) is 0 Å². The third kappa shape index (κ3) is 1.56. The van der Waals surface area contributed by atoms with Gasteiger partial charge < -0.3 is 10.3 Å². The van der Waals surface area contributed by atoms with Gasteiger partial charge in [0.1, 0.15) is 4.95 Å². The van der Waals surface area contributed by atoms with Crippen molar-refractivity contribution in [3.63, 3.8) is 0 Å². The zero-order valence-electron chi connectivity index (χ0n) is 5.19. The Bertz CT molecular complexity index is 160. The molecule has 2 nitrogen and oxygen atoms in total. The monoisotopic (exact) mass is 188 g/mol. The standard InChI is InChI=1S/C6H9BrN2/c1-8-6(7)5-3-2-4-9-5/h2-4,6,8-9H,1H3. The van der Waals surface area contributed by atoms with E-state index in [4.69, 9.17) is 0 Å². The van der Waals surface area contributed by atoms with Crippen LogP contribution in [-0.2, 0) is 0 Å². The summed E-state index contributed by atoms with van der Waals surface area (Å²) in [6, 6.07) is 4.00. The van der Waals surface area contributed by atoms with Crippen LogP contribution in [0.5, 0.6) is 0 Å². The summed E-state index contributed by atoms with van der Waals surface area (Å²) in [6.45, 7) is 0. The van der Waals surface area contributed by atoms with Gasteiger partial charge in [0.2, 0.25) is 0 Å². The highest BCUT2D eigenvalue weighted by atomic mass is 79.9. The molecule has 0 aliphatic heterocycles. The second kappa shape index (κ2) is 3.03. The lowest BCUT2D eigenvalue weighted by atomic mass is 10.4. The van der Waals surface area contributed by atoms with Crippen LogP contribution in [0.1, 0.15) is 10.6 Å². The number of hydrogen-bond acceptors (Lipinski definition) is 1. The van der Waals surface area contributed by atoms with E-state index in [1.807, 2.05) is 25.4 Å². The highest BCUT2D eigenvalue weighted by molar-refractivity contribution is 9.09. The van der Waals surface area contributed by atoms with E-state index < -0.39 is 0 Å². The van der Waals surface area contributed by atoms with Gasteiger partial charge in [-0.3, -0.25) is 0 Å². The number of hydrogen-bond donors (Lipinski definition) is 2. The summed E-state index contributed by atoms with van der Waals surface area (Å²) < 4.78 is 0. The van der Waals surface area contributed by atoms with Crippen LogP contribution in [0, 0.1) is 0 Å². The SMILES string of the molecule is CNC(Br)c1ccc[nH]1. The molecule has 9 heavy (non-hydrogen) atoms. The largest absolute Gasteiger partial charge is 0.363 e. The summed E-state index contributed by atoms with van der Waals surface area (Å²) >= 11 is 3.42. The predicted octanol–water partition coefficient (Wildman–Crippen LogP) is 1.63. The average Bonchev–Trinajstić information content (AvgIpc) is 2.37. The highest BCUT2D eigenvalue weighted by Gasteiger charge is 2.01. The van der Waals surface area contributed by atoms with Gasteiger partial charge >= 0.3 is 0 Å². The van der Waals surface area contributed by atoms with E-state index in [2.05, 4.69) is 26.2 Å². The molecule has 2 N–H and O–H groups in total. The molecule has 3 heteroatoms. The van der Waals surface area contributed by atoms with Crippen LogP contribution >= 0.6 is 15.9 Å². The van der Waals surface area contributed by atoms with Gasteiger partial charge in [-0.1, -0.05) is 15.9 Å². The molecule has 0 aromatic carbocycles. The van der Waals surface area contributed by atoms with E-state index in [0.717, 1.165) is 5.69 Å². The van der Waals surface area contributed by atoms with Crippen molar-refractivity contribution in [1.82, 2.24) is 10.3 Å². The Hall–Kier alpha value is -0.280. The van der Waals surface area contributed by atoms with Gasteiger partial charge in [-0.2, -0.15) is 0 Å². The molecule has 0 aliphatic rings. The molecular formula is C6H9BrN2. The second-order valence-electron chi connectivity index (χ2n) is 1.78. The van der Waals surface area contributed by atoms with Crippen LogP contribution in [-0.4, -0.2) is 12.0 Å². The summed E-state index contributed by atoms with van der Waals surface area (Å²) in [7, 11) is 1.90. The lowest BCUT2D eigenvalue weighted by Crippen LogP contribution is -2.09. The van der Waals surface area contributed by atoms with E-state index in [-0.39, 0.29) is 4.95 Å². The molecule has 1 aromatic heterocycles. The molecule has 0 fully saturated rings. The molecule has 0 saturated carbocycles. The predicted molar refractivity (Wildman–Crippen MR) is 41.5 cm³/mol. The van der Waals surface area contributed by atoms with Crippen LogP contribution in [0.2, 0.25) is 0 Å². The fraction of sp³-hybridized carbons (Fsp3) is 0.333. The van der Waals surface area contributed by atoms with Crippen molar-refractivity contribution in [2.24, 2.45) is 0 Å². The Morgan fingerprint density at radius 1 is 1.78 bits per heavy atom. The Morgan fingerprint density at radius 2 is 2.56 bits per heavy atom. The zero-order valence-corrected chi connectivity index (χ0v) is 6.77. The van der Waals surface area contributed by atoms with Crippen LogP contribution in [0.3, 0.4) is 0 Å². The third-order valence-electron chi connectivity index (χ3n) is 1.15. The Balaban J connectivity index is 2.65. The molecule has 50 valence electrons. The molecule has 0 radical (unpaired) electrons. The van der Waals surface area contributed by atoms with Crippen molar-refractivity contribution in [2.75, 3.05) is 7.05 Å². The smallest absolute Gasteiger partial charge is 0.103 e. The number of rotatable bonds is 2. The van der Waals surface area contributed by atoms with Crippen molar-refractivity contribution in [1.29, 1.82) is 0 Å². The molecule has 1 unspecified atom stereocenters. The second-order valence-corrected chi connectivity index (χ2v) is 2.69. The summed E-state index contributed by atoms with van der Waals surface area (Å²) in [5.41, 5.74) is 1.15. The Morgan fingerprint density at radius 3 is 3.00 bits per heavy atom. The third-order valence-corrected chi connectivity index (χ3v) is 2.10. The number of nitrogens with one attached hydrogen (secondary N) is 2. The van der Waals surface area contributed by atoms with Crippen molar-refractivity contribution >= 4 is 15.9 Å². The first-order chi connectivity index (χ1) is 4.34. The molecule has 0 aliphatic carbocycles. The minimum atomic E-state index is 0.243. The van der Waals surface area contributed by atoms with Crippen molar-refractivity contribution in [3.8, 4) is 0 Å². The van der Waals surface area contributed by atoms with E-state index in [1.54, 1.807) is 0 Å². The maximum Gasteiger partial charge on any atom is 0.103 e. The van der Waals surface area contributed by atoms with Crippen LogP contribution in [0.4, 0.5) is 0 Å². The molecule has 1 heterocycles. The average molecular weight is 189 g/mol.